The fourth-order valence-electron chi connectivity index (χ4n) is 10.5. The van der Waals surface area contributed by atoms with Crippen LogP contribution in [0, 0.1) is 0 Å². The lowest BCUT2D eigenvalue weighted by Crippen LogP contribution is -2.37. The van der Waals surface area contributed by atoms with Gasteiger partial charge in [-0.3, -0.25) is 5.32 Å². The fraction of sp³-hybridized carbons (Fsp3) is 0.0345. The Kier molecular flexibility index (Phi) is 7.24. The normalized spacial score (nSPS) is 15.4. The first kappa shape index (κ1) is 33.5. The molecule has 2 N–H and O–H groups in total. The predicted octanol–water partition coefficient (Wildman–Crippen LogP) is 15.1. The number of rotatable bonds is 5. The number of para-hydroxylation sites is 1. The van der Waals surface area contributed by atoms with Crippen LogP contribution in [0.2, 0.25) is 0 Å². The molecule has 0 fully saturated rings. The summed E-state index contributed by atoms with van der Waals surface area (Å²) in [5.41, 5.74) is 22.8. The minimum atomic E-state index is 0.00105. The van der Waals surface area contributed by atoms with Crippen molar-refractivity contribution in [1.29, 1.82) is 0 Å². The summed E-state index contributed by atoms with van der Waals surface area (Å²) < 4.78 is 0. The number of hydrogen-bond donors (Lipinski definition) is 2. The van der Waals surface area contributed by atoms with Crippen LogP contribution in [0.3, 0.4) is 0 Å². The minimum absolute atomic E-state index is 0.00105. The predicted molar refractivity (Wildman–Crippen MR) is 251 cm³/mol. The number of fused-ring (bicyclic) bond motifs is 7. The zero-order valence-corrected chi connectivity index (χ0v) is 32.8. The average Bonchev–Trinajstić information content (AvgIpc) is 3.83. The Morgan fingerprint density at radius 3 is 1.35 bits per heavy atom. The van der Waals surface area contributed by atoms with E-state index in [2.05, 4.69) is 217 Å². The van der Waals surface area contributed by atoms with E-state index >= 15 is 0 Å². The smallest absolute Gasteiger partial charge is 0.104 e. The number of anilines is 1. The number of hydrogen-bond acceptors (Lipinski definition) is 2. The Morgan fingerprint density at radius 1 is 0.300 bits per heavy atom. The van der Waals surface area contributed by atoms with E-state index in [0.29, 0.717) is 0 Å². The summed E-state index contributed by atoms with van der Waals surface area (Å²) in [7, 11) is 0. The summed E-state index contributed by atoms with van der Waals surface area (Å²) in [6.45, 7) is 0. The lowest BCUT2D eigenvalue weighted by molar-refractivity contribution is 0.506. The maximum atomic E-state index is 3.93. The number of benzene rings is 10. The van der Waals surface area contributed by atoms with Crippen LogP contribution in [0.1, 0.15) is 28.9 Å². The van der Waals surface area contributed by atoms with E-state index < -0.39 is 0 Å². The Bertz CT molecular complexity index is 3170. The summed E-state index contributed by atoms with van der Waals surface area (Å²) in [4.78, 5) is 0. The maximum Gasteiger partial charge on any atom is 0.104 e. The van der Waals surface area contributed by atoms with Crippen LogP contribution in [0.4, 0.5) is 5.69 Å². The van der Waals surface area contributed by atoms with Gasteiger partial charge in [0.15, 0.2) is 0 Å². The Labute approximate surface area is 349 Å². The monoisotopic (exact) mass is 762 g/mol. The molecule has 1 aliphatic heterocycles. The molecular weight excluding hydrogens is 725 g/mol. The second-order valence-electron chi connectivity index (χ2n) is 16.5. The lowest BCUT2D eigenvalue weighted by atomic mass is 9.87. The quantitative estimate of drug-likeness (QED) is 0.182. The maximum absolute atomic E-state index is 3.93. The SMILES string of the molecule is c1ccc(C2Nc3ccccc3C(c3ccc(-c4cc(-c5ccc6c7c(cccc57)-c5ccccc5-6)cc(-c5ccc6c7c(cccc57)-c5ccccc5-6)c4)cc3)N2)cc1. The number of nitrogens with one attached hydrogen (secondary N) is 2. The molecular formula is C58H38N2. The van der Waals surface area contributed by atoms with Gasteiger partial charge in [0.05, 0.1) is 6.04 Å². The van der Waals surface area contributed by atoms with Gasteiger partial charge in [0, 0.05) is 5.69 Å². The standard InChI is InChI=1S/C58H38N2/c1-2-12-37(13-3-1)58-59-54-23-9-8-18-53(54)57(60-58)36-26-24-35(25-27-36)38-32-39(41-28-30-51-45-16-6-4-14-43(45)49-21-10-19-47(41)55(49)51)34-40(33-38)42-29-31-52-46-17-7-5-15-44(46)50-22-11-20-48(42)56(50)52/h1-34,57-60H. The van der Waals surface area contributed by atoms with Crippen molar-refractivity contribution in [1.82, 2.24) is 5.32 Å². The molecule has 60 heavy (non-hydrogen) atoms. The van der Waals surface area contributed by atoms with Gasteiger partial charge in [-0.25, -0.2) is 0 Å². The Morgan fingerprint density at radius 2 is 0.767 bits per heavy atom. The van der Waals surface area contributed by atoms with Gasteiger partial charge in [0.25, 0.3) is 0 Å². The van der Waals surface area contributed by atoms with Gasteiger partial charge in [-0.1, -0.05) is 182 Å². The molecule has 13 rings (SSSR count). The van der Waals surface area contributed by atoms with Gasteiger partial charge >= 0.3 is 0 Å². The van der Waals surface area contributed by atoms with E-state index in [1.165, 1.54) is 122 Å². The minimum Gasteiger partial charge on any atom is -0.366 e. The van der Waals surface area contributed by atoms with Gasteiger partial charge in [-0.15, -0.1) is 0 Å². The lowest BCUT2D eigenvalue weighted by Gasteiger charge is -2.35. The molecule has 0 amide bonds. The Balaban J connectivity index is 0.976. The van der Waals surface area contributed by atoms with Crippen LogP contribution in [0.25, 0.3) is 99.4 Å². The Hall–Kier alpha value is -7.52. The van der Waals surface area contributed by atoms with Crippen molar-refractivity contribution in [2.75, 3.05) is 5.32 Å². The van der Waals surface area contributed by atoms with E-state index in [1.807, 2.05) is 0 Å². The van der Waals surface area contributed by atoms with Crippen molar-refractivity contribution in [3.8, 4) is 77.9 Å². The highest BCUT2D eigenvalue weighted by Crippen LogP contribution is 2.52. The first-order valence-electron chi connectivity index (χ1n) is 21.0. The molecule has 2 aliphatic carbocycles. The zero-order valence-electron chi connectivity index (χ0n) is 32.8. The molecule has 280 valence electrons. The van der Waals surface area contributed by atoms with E-state index in [0.717, 1.165) is 0 Å². The van der Waals surface area contributed by atoms with Crippen molar-refractivity contribution in [3.05, 3.63) is 223 Å². The summed E-state index contributed by atoms with van der Waals surface area (Å²) in [5.74, 6) is 0. The molecule has 2 nitrogen and oxygen atoms in total. The topological polar surface area (TPSA) is 24.1 Å². The summed E-state index contributed by atoms with van der Waals surface area (Å²) >= 11 is 0. The highest BCUT2D eigenvalue weighted by molar-refractivity contribution is 6.20. The van der Waals surface area contributed by atoms with Gasteiger partial charge in [-0.2, -0.15) is 0 Å². The van der Waals surface area contributed by atoms with Crippen LogP contribution in [-0.2, 0) is 0 Å². The zero-order chi connectivity index (χ0) is 39.3. The van der Waals surface area contributed by atoms with E-state index in [-0.39, 0.29) is 12.2 Å². The molecule has 0 saturated heterocycles. The van der Waals surface area contributed by atoms with Gasteiger partial charge in [0.1, 0.15) is 6.17 Å². The van der Waals surface area contributed by atoms with Crippen molar-refractivity contribution in [2.24, 2.45) is 0 Å². The molecule has 3 aliphatic rings. The van der Waals surface area contributed by atoms with Crippen molar-refractivity contribution < 1.29 is 0 Å². The summed E-state index contributed by atoms with van der Waals surface area (Å²) in [5, 5.41) is 12.9. The first-order chi connectivity index (χ1) is 29.7. The molecule has 10 aromatic rings. The van der Waals surface area contributed by atoms with Crippen LogP contribution >= 0.6 is 0 Å². The molecule has 0 spiro atoms. The molecule has 2 unspecified atom stereocenters. The third-order valence-electron chi connectivity index (χ3n) is 13.3. The largest absolute Gasteiger partial charge is 0.366 e. The van der Waals surface area contributed by atoms with Crippen molar-refractivity contribution in [2.45, 2.75) is 12.2 Å². The first-order valence-corrected chi connectivity index (χ1v) is 21.0. The molecule has 0 bridgehead atoms. The third kappa shape index (κ3) is 4.98. The van der Waals surface area contributed by atoms with E-state index in [4.69, 9.17) is 0 Å². The van der Waals surface area contributed by atoms with Crippen molar-refractivity contribution in [3.63, 3.8) is 0 Å². The second-order valence-corrected chi connectivity index (χ2v) is 16.5. The molecule has 2 heteroatoms. The van der Waals surface area contributed by atoms with Crippen LogP contribution in [0.5, 0.6) is 0 Å². The molecule has 0 saturated carbocycles. The van der Waals surface area contributed by atoms with E-state index in [1.54, 1.807) is 0 Å². The van der Waals surface area contributed by atoms with Gasteiger partial charge in [0.2, 0.25) is 0 Å². The molecule has 0 aromatic heterocycles. The molecule has 2 atom stereocenters. The molecule has 0 radical (unpaired) electrons. The third-order valence-corrected chi connectivity index (χ3v) is 13.3. The van der Waals surface area contributed by atoms with Gasteiger partial charge in [-0.05, 0) is 140 Å². The van der Waals surface area contributed by atoms with Crippen LogP contribution in [0.15, 0.2) is 206 Å². The fourth-order valence-corrected chi connectivity index (χ4v) is 10.5. The average molecular weight is 763 g/mol. The van der Waals surface area contributed by atoms with Crippen LogP contribution in [-0.4, -0.2) is 0 Å². The van der Waals surface area contributed by atoms with Crippen LogP contribution < -0.4 is 10.6 Å². The molecule has 10 aromatic carbocycles. The molecule has 1 heterocycles. The highest BCUT2D eigenvalue weighted by Gasteiger charge is 2.28. The second kappa shape index (κ2) is 13.0. The summed E-state index contributed by atoms with van der Waals surface area (Å²) in [6.07, 6.45) is 0.00105. The van der Waals surface area contributed by atoms with E-state index in [9.17, 15) is 0 Å². The summed E-state index contributed by atoms with van der Waals surface area (Å²) in [6, 6.07) is 76.6. The van der Waals surface area contributed by atoms with Gasteiger partial charge < -0.3 is 5.32 Å². The highest BCUT2D eigenvalue weighted by atomic mass is 15.2. The van der Waals surface area contributed by atoms with Crippen molar-refractivity contribution >= 4 is 27.2 Å².